The van der Waals surface area contributed by atoms with Crippen molar-refractivity contribution in [1.29, 1.82) is 0 Å². The molecule has 1 heterocycles. The van der Waals surface area contributed by atoms with Crippen molar-refractivity contribution in [3.8, 4) is 0 Å². The van der Waals surface area contributed by atoms with Crippen molar-refractivity contribution in [1.82, 2.24) is 14.2 Å². The Hall–Kier alpha value is -2.53. The van der Waals surface area contributed by atoms with Crippen LogP contribution in [0.15, 0.2) is 70.2 Å². The lowest BCUT2D eigenvalue weighted by atomic mass is 10.2. The summed E-state index contributed by atoms with van der Waals surface area (Å²) in [5.41, 5.74) is 1.21. The van der Waals surface area contributed by atoms with E-state index >= 15 is 0 Å². The van der Waals surface area contributed by atoms with E-state index in [9.17, 15) is 13.2 Å². The molecule has 0 unspecified atom stereocenters. The van der Waals surface area contributed by atoms with Crippen LogP contribution in [0.1, 0.15) is 15.9 Å². The maximum absolute atomic E-state index is 12.7. The fraction of sp³-hybridized carbons (Fsp3) is 0.158. The molecule has 0 atom stereocenters. The summed E-state index contributed by atoms with van der Waals surface area (Å²) in [6.07, 6.45) is 1.59. The first-order valence-corrected chi connectivity index (χ1v) is 10.8. The maximum Gasteiger partial charge on any atom is 0.264 e. The SMILES string of the molecule is CON(C)S(=O)(=O)c1cccc(C(=O)Nc2ccnn2Cc2cccc(Br)c2)c1. The zero-order chi connectivity index (χ0) is 21.0. The number of anilines is 1. The molecule has 0 spiro atoms. The van der Waals surface area contributed by atoms with Gasteiger partial charge in [0.1, 0.15) is 5.82 Å². The van der Waals surface area contributed by atoms with Gasteiger partial charge in [-0.3, -0.25) is 9.63 Å². The third-order valence-electron chi connectivity index (χ3n) is 4.17. The van der Waals surface area contributed by atoms with Crippen molar-refractivity contribution in [2.45, 2.75) is 11.4 Å². The fourth-order valence-corrected chi connectivity index (χ4v) is 4.07. The molecular weight excluding hydrogens is 460 g/mol. The first-order chi connectivity index (χ1) is 13.8. The predicted molar refractivity (Wildman–Crippen MR) is 112 cm³/mol. The summed E-state index contributed by atoms with van der Waals surface area (Å²) in [5.74, 6) is 0.0513. The van der Waals surface area contributed by atoms with Gasteiger partial charge in [0.2, 0.25) is 0 Å². The minimum Gasteiger partial charge on any atom is -0.307 e. The van der Waals surface area contributed by atoms with Gasteiger partial charge in [-0.1, -0.05) is 38.6 Å². The number of carbonyl (C=O) groups is 1. The van der Waals surface area contributed by atoms with E-state index in [4.69, 9.17) is 4.84 Å². The Kier molecular flexibility index (Phi) is 6.48. The van der Waals surface area contributed by atoms with E-state index in [1.807, 2.05) is 24.3 Å². The highest BCUT2D eigenvalue weighted by molar-refractivity contribution is 9.10. The van der Waals surface area contributed by atoms with Gasteiger partial charge >= 0.3 is 0 Å². The Morgan fingerprint density at radius 1 is 1.21 bits per heavy atom. The number of nitrogens with zero attached hydrogens (tertiary/aromatic N) is 3. The number of aromatic nitrogens is 2. The van der Waals surface area contributed by atoms with Crippen molar-refractivity contribution in [3.63, 3.8) is 0 Å². The van der Waals surface area contributed by atoms with Crippen LogP contribution in [-0.2, 0) is 21.4 Å². The molecule has 3 rings (SSSR count). The van der Waals surface area contributed by atoms with Crippen molar-refractivity contribution in [3.05, 3.63) is 76.4 Å². The monoisotopic (exact) mass is 478 g/mol. The van der Waals surface area contributed by atoms with Gasteiger partial charge in [-0.05, 0) is 35.9 Å². The lowest BCUT2D eigenvalue weighted by Gasteiger charge is -2.15. The Bertz CT molecular complexity index is 1130. The molecule has 0 bridgehead atoms. The van der Waals surface area contributed by atoms with Crippen LogP contribution in [0.3, 0.4) is 0 Å². The number of hydroxylamine groups is 1. The fourth-order valence-electron chi connectivity index (χ4n) is 2.61. The molecule has 0 saturated heterocycles. The van der Waals surface area contributed by atoms with Gasteiger partial charge in [0.25, 0.3) is 15.9 Å². The predicted octanol–water partition coefficient (Wildman–Crippen LogP) is 3.13. The van der Waals surface area contributed by atoms with Crippen molar-refractivity contribution >= 4 is 37.7 Å². The van der Waals surface area contributed by atoms with Crippen LogP contribution in [0.2, 0.25) is 0 Å². The number of rotatable bonds is 7. The second kappa shape index (κ2) is 8.87. The summed E-state index contributed by atoms with van der Waals surface area (Å²) in [7, 11) is -1.32. The first kappa shape index (κ1) is 21.2. The number of hydrogen-bond acceptors (Lipinski definition) is 5. The second-order valence-corrected chi connectivity index (χ2v) is 8.93. The van der Waals surface area contributed by atoms with Crippen LogP contribution in [0.4, 0.5) is 5.82 Å². The third kappa shape index (κ3) is 4.91. The van der Waals surface area contributed by atoms with E-state index in [2.05, 4.69) is 26.3 Å². The zero-order valence-corrected chi connectivity index (χ0v) is 18.1. The van der Waals surface area contributed by atoms with E-state index in [1.165, 1.54) is 38.4 Å². The van der Waals surface area contributed by atoms with Crippen LogP contribution in [0, 0.1) is 0 Å². The topological polar surface area (TPSA) is 93.5 Å². The average Bonchev–Trinajstić information content (AvgIpc) is 3.13. The largest absolute Gasteiger partial charge is 0.307 e. The second-order valence-electron chi connectivity index (χ2n) is 6.08. The van der Waals surface area contributed by atoms with Crippen molar-refractivity contribution < 1.29 is 18.0 Å². The lowest BCUT2D eigenvalue weighted by Crippen LogP contribution is -2.26. The summed E-state index contributed by atoms with van der Waals surface area (Å²) < 4.78 is 28.1. The number of halogens is 1. The lowest BCUT2D eigenvalue weighted by molar-refractivity contribution is -0.0258. The van der Waals surface area contributed by atoms with Gasteiger partial charge in [-0.25, -0.2) is 13.1 Å². The van der Waals surface area contributed by atoms with E-state index in [1.54, 1.807) is 16.9 Å². The van der Waals surface area contributed by atoms with Gasteiger partial charge in [-0.15, -0.1) is 0 Å². The number of benzene rings is 2. The molecule has 0 aliphatic rings. The number of amides is 1. The van der Waals surface area contributed by atoms with Gasteiger partial charge in [-0.2, -0.15) is 5.10 Å². The molecule has 1 N–H and O–H groups in total. The molecule has 2 aromatic carbocycles. The Morgan fingerprint density at radius 3 is 2.69 bits per heavy atom. The molecule has 10 heteroatoms. The Balaban J connectivity index is 1.80. The number of carbonyl (C=O) groups excluding carboxylic acids is 1. The average molecular weight is 479 g/mol. The standard InChI is InChI=1S/C19H19BrN4O4S/c1-23(28-2)29(26,27)17-8-4-6-15(12-17)19(25)22-18-9-10-21-24(18)13-14-5-3-7-16(20)11-14/h3-12H,13H2,1-2H3,(H,22,25). The third-order valence-corrected chi connectivity index (χ3v) is 6.34. The molecule has 1 amide bonds. The highest BCUT2D eigenvalue weighted by Crippen LogP contribution is 2.18. The van der Waals surface area contributed by atoms with Gasteiger partial charge < -0.3 is 5.32 Å². The van der Waals surface area contributed by atoms with E-state index in [0.29, 0.717) is 12.4 Å². The minimum atomic E-state index is -3.85. The molecule has 0 saturated carbocycles. The van der Waals surface area contributed by atoms with Crippen LogP contribution in [0.5, 0.6) is 0 Å². The smallest absolute Gasteiger partial charge is 0.264 e. The minimum absolute atomic E-state index is 0.0443. The summed E-state index contributed by atoms with van der Waals surface area (Å²) >= 11 is 3.43. The molecule has 8 nitrogen and oxygen atoms in total. The van der Waals surface area contributed by atoms with Crippen LogP contribution in [0.25, 0.3) is 0 Å². The molecule has 0 aliphatic heterocycles. The van der Waals surface area contributed by atoms with Gasteiger partial charge in [0, 0.05) is 23.2 Å². The number of nitrogens with one attached hydrogen (secondary N) is 1. The molecule has 0 radical (unpaired) electrons. The highest BCUT2D eigenvalue weighted by atomic mass is 79.9. The van der Waals surface area contributed by atoms with Gasteiger partial charge in [0.05, 0.1) is 24.7 Å². The summed E-state index contributed by atoms with van der Waals surface area (Å²) in [6, 6.07) is 15.2. The summed E-state index contributed by atoms with van der Waals surface area (Å²) in [4.78, 5) is 17.4. The number of hydrogen-bond donors (Lipinski definition) is 1. The van der Waals surface area contributed by atoms with Gasteiger partial charge in [0.15, 0.2) is 0 Å². The molecule has 152 valence electrons. The molecule has 0 aliphatic carbocycles. The first-order valence-electron chi connectivity index (χ1n) is 8.52. The van der Waals surface area contributed by atoms with Crippen LogP contribution >= 0.6 is 15.9 Å². The van der Waals surface area contributed by atoms with Crippen LogP contribution in [-0.4, -0.2) is 42.7 Å². The zero-order valence-electron chi connectivity index (χ0n) is 15.7. The Morgan fingerprint density at radius 2 is 1.97 bits per heavy atom. The quantitative estimate of drug-likeness (QED) is 0.526. The number of sulfonamides is 1. The Labute approximate surface area is 177 Å². The molecule has 1 aromatic heterocycles. The molecule has 3 aromatic rings. The molecule has 0 fully saturated rings. The van der Waals surface area contributed by atoms with Crippen molar-refractivity contribution in [2.75, 3.05) is 19.5 Å². The normalized spacial score (nSPS) is 11.6. The highest BCUT2D eigenvalue weighted by Gasteiger charge is 2.22. The van der Waals surface area contributed by atoms with E-state index in [-0.39, 0.29) is 10.5 Å². The maximum atomic E-state index is 12.7. The van der Waals surface area contributed by atoms with Crippen molar-refractivity contribution in [2.24, 2.45) is 0 Å². The molecule has 29 heavy (non-hydrogen) atoms. The van der Waals surface area contributed by atoms with E-state index < -0.39 is 15.9 Å². The van der Waals surface area contributed by atoms with E-state index in [0.717, 1.165) is 14.5 Å². The summed E-state index contributed by atoms with van der Waals surface area (Å²) in [6.45, 7) is 0.467. The van der Waals surface area contributed by atoms with Crippen LogP contribution < -0.4 is 5.32 Å². The summed E-state index contributed by atoms with van der Waals surface area (Å²) in [5, 5.41) is 7.02. The molecular formula is C19H19BrN4O4S.